The van der Waals surface area contributed by atoms with Crippen molar-refractivity contribution in [3.05, 3.63) is 48.5 Å². The first-order valence-corrected chi connectivity index (χ1v) is 9.46. The van der Waals surface area contributed by atoms with Crippen LogP contribution in [-0.2, 0) is 11.8 Å². The van der Waals surface area contributed by atoms with Gasteiger partial charge in [-0.25, -0.2) is 9.97 Å². The van der Waals surface area contributed by atoms with Gasteiger partial charge in [0.2, 0.25) is 0 Å². The molecule has 1 aliphatic rings. The second-order valence-electron chi connectivity index (χ2n) is 7.08. The van der Waals surface area contributed by atoms with Crippen molar-refractivity contribution in [1.29, 1.82) is 0 Å². The molecular formula is C21H22N6O. The minimum Gasteiger partial charge on any atom is -0.378 e. The Morgan fingerprint density at radius 3 is 2.68 bits per heavy atom. The number of nitrogens with one attached hydrogen (secondary N) is 1. The Kier molecular flexibility index (Phi) is 4.09. The van der Waals surface area contributed by atoms with Gasteiger partial charge in [-0.05, 0) is 31.2 Å². The van der Waals surface area contributed by atoms with Gasteiger partial charge >= 0.3 is 0 Å². The normalized spacial score (nSPS) is 14.7. The number of anilines is 1. The molecule has 0 aliphatic carbocycles. The Balaban J connectivity index is 1.58. The fraction of sp³-hybridized carbons (Fsp3) is 0.286. The van der Waals surface area contributed by atoms with Crippen molar-refractivity contribution < 1.29 is 4.74 Å². The van der Waals surface area contributed by atoms with Crippen LogP contribution < -0.4 is 4.90 Å². The number of aromatic amines is 1. The molecule has 7 nitrogen and oxygen atoms in total. The van der Waals surface area contributed by atoms with E-state index >= 15 is 0 Å². The number of nitrogens with zero attached hydrogens (tertiary/aromatic N) is 5. The van der Waals surface area contributed by atoms with E-state index in [1.165, 1.54) is 0 Å². The van der Waals surface area contributed by atoms with Crippen molar-refractivity contribution in [3.63, 3.8) is 0 Å². The molecule has 7 heteroatoms. The molecule has 1 fully saturated rings. The van der Waals surface area contributed by atoms with Crippen molar-refractivity contribution in [2.24, 2.45) is 7.05 Å². The number of fused-ring (bicyclic) bond motifs is 1. The van der Waals surface area contributed by atoms with Gasteiger partial charge in [0.1, 0.15) is 17.3 Å². The summed E-state index contributed by atoms with van der Waals surface area (Å²) in [6.07, 6.45) is 3.77. The first-order valence-electron chi connectivity index (χ1n) is 9.46. The lowest BCUT2D eigenvalue weighted by Crippen LogP contribution is -2.36. The molecule has 0 amide bonds. The quantitative estimate of drug-likeness (QED) is 0.596. The number of aromatic nitrogens is 5. The SMILES string of the molecule is Cc1ncc(-c2ccc3[nH]nc(-c4ccnc(N5CCOCC5)c4)c3c2)n1C. The van der Waals surface area contributed by atoms with Crippen molar-refractivity contribution in [2.45, 2.75) is 6.92 Å². The molecule has 0 spiro atoms. The molecule has 4 heterocycles. The van der Waals surface area contributed by atoms with Gasteiger partial charge in [0.15, 0.2) is 0 Å². The smallest absolute Gasteiger partial charge is 0.129 e. The molecule has 0 atom stereocenters. The molecule has 0 unspecified atom stereocenters. The molecule has 1 aromatic carbocycles. The maximum atomic E-state index is 5.45. The minimum absolute atomic E-state index is 0.741. The largest absolute Gasteiger partial charge is 0.378 e. The summed E-state index contributed by atoms with van der Waals surface area (Å²) >= 11 is 0. The predicted octanol–water partition coefficient (Wildman–Crippen LogP) is 3.17. The van der Waals surface area contributed by atoms with Crippen LogP contribution in [0.1, 0.15) is 5.82 Å². The summed E-state index contributed by atoms with van der Waals surface area (Å²) in [5.74, 6) is 1.96. The van der Waals surface area contributed by atoms with Gasteiger partial charge in [-0.3, -0.25) is 5.10 Å². The van der Waals surface area contributed by atoms with E-state index in [1.54, 1.807) is 0 Å². The number of hydrogen-bond donors (Lipinski definition) is 1. The zero-order chi connectivity index (χ0) is 19.1. The second kappa shape index (κ2) is 6.76. The topological polar surface area (TPSA) is 71.9 Å². The van der Waals surface area contributed by atoms with Crippen LogP contribution in [0.2, 0.25) is 0 Å². The van der Waals surface area contributed by atoms with Gasteiger partial charge in [-0.2, -0.15) is 5.10 Å². The van der Waals surface area contributed by atoms with E-state index in [4.69, 9.17) is 4.74 Å². The average molecular weight is 374 g/mol. The Morgan fingerprint density at radius 2 is 1.89 bits per heavy atom. The van der Waals surface area contributed by atoms with Crippen molar-refractivity contribution in [2.75, 3.05) is 31.2 Å². The Labute approximate surface area is 163 Å². The van der Waals surface area contributed by atoms with Crippen molar-refractivity contribution in [1.82, 2.24) is 24.7 Å². The zero-order valence-corrected chi connectivity index (χ0v) is 16.0. The molecule has 1 aliphatic heterocycles. The van der Waals surface area contributed by atoms with Crippen LogP contribution in [0.5, 0.6) is 0 Å². The van der Waals surface area contributed by atoms with Gasteiger partial charge in [0.25, 0.3) is 0 Å². The van der Waals surface area contributed by atoms with E-state index in [9.17, 15) is 0 Å². The Hall–Kier alpha value is -3.19. The predicted molar refractivity (Wildman–Crippen MR) is 109 cm³/mol. The highest BCUT2D eigenvalue weighted by atomic mass is 16.5. The van der Waals surface area contributed by atoms with Crippen molar-refractivity contribution in [3.8, 4) is 22.5 Å². The summed E-state index contributed by atoms with van der Waals surface area (Å²) in [5, 5.41) is 8.85. The van der Waals surface area contributed by atoms with Crippen LogP contribution in [0.3, 0.4) is 0 Å². The fourth-order valence-electron chi connectivity index (χ4n) is 3.69. The van der Waals surface area contributed by atoms with Crippen molar-refractivity contribution >= 4 is 16.7 Å². The van der Waals surface area contributed by atoms with E-state index in [2.05, 4.69) is 53.9 Å². The zero-order valence-electron chi connectivity index (χ0n) is 16.0. The molecule has 5 rings (SSSR count). The van der Waals surface area contributed by atoms with E-state index in [-0.39, 0.29) is 0 Å². The number of ether oxygens (including phenoxy) is 1. The van der Waals surface area contributed by atoms with Gasteiger partial charge < -0.3 is 14.2 Å². The van der Waals surface area contributed by atoms with Crippen LogP contribution in [0.4, 0.5) is 5.82 Å². The number of benzene rings is 1. The Morgan fingerprint density at radius 1 is 1.04 bits per heavy atom. The third-order valence-electron chi connectivity index (χ3n) is 5.43. The van der Waals surface area contributed by atoms with Gasteiger partial charge in [-0.15, -0.1) is 0 Å². The number of pyridine rings is 1. The number of morpholine rings is 1. The number of hydrogen-bond acceptors (Lipinski definition) is 5. The summed E-state index contributed by atoms with van der Waals surface area (Å²) in [4.78, 5) is 11.2. The minimum atomic E-state index is 0.741. The van der Waals surface area contributed by atoms with E-state index in [0.717, 1.165) is 71.4 Å². The summed E-state index contributed by atoms with van der Waals surface area (Å²) in [6.45, 7) is 5.22. The highest BCUT2D eigenvalue weighted by Gasteiger charge is 2.16. The first-order chi connectivity index (χ1) is 13.7. The Bertz CT molecular complexity index is 1140. The number of aryl methyl sites for hydroxylation is 1. The summed E-state index contributed by atoms with van der Waals surface area (Å²) in [7, 11) is 2.04. The number of rotatable bonds is 3. The molecule has 0 bridgehead atoms. The molecular weight excluding hydrogens is 352 g/mol. The second-order valence-corrected chi connectivity index (χ2v) is 7.08. The average Bonchev–Trinajstić information content (AvgIpc) is 3.32. The van der Waals surface area contributed by atoms with Crippen LogP contribution in [0.15, 0.2) is 42.7 Å². The fourth-order valence-corrected chi connectivity index (χ4v) is 3.69. The summed E-state index contributed by atoms with van der Waals surface area (Å²) in [6, 6.07) is 10.5. The van der Waals surface area contributed by atoms with E-state index in [1.807, 2.05) is 32.4 Å². The molecule has 142 valence electrons. The molecule has 0 radical (unpaired) electrons. The van der Waals surface area contributed by atoms with Gasteiger partial charge in [0.05, 0.1) is 30.6 Å². The molecule has 4 aromatic rings. The third kappa shape index (κ3) is 2.84. The standard InChI is InChI=1S/C21H22N6O/c1-14-23-13-19(26(14)2)15-3-4-18-17(11-15)21(25-24-18)16-5-6-22-20(12-16)27-7-9-28-10-8-27/h3-6,11-13H,7-10H2,1-2H3,(H,24,25). The highest BCUT2D eigenvalue weighted by Crippen LogP contribution is 2.31. The maximum Gasteiger partial charge on any atom is 0.129 e. The number of H-pyrrole nitrogens is 1. The lowest BCUT2D eigenvalue weighted by molar-refractivity contribution is 0.122. The lowest BCUT2D eigenvalue weighted by Gasteiger charge is -2.27. The lowest BCUT2D eigenvalue weighted by atomic mass is 10.0. The molecule has 1 N–H and O–H groups in total. The molecule has 0 saturated carbocycles. The first kappa shape index (κ1) is 16.9. The summed E-state index contributed by atoms with van der Waals surface area (Å²) in [5.41, 5.74) is 5.23. The summed E-state index contributed by atoms with van der Waals surface area (Å²) < 4.78 is 7.56. The molecule has 1 saturated heterocycles. The maximum absolute atomic E-state index is 5.45. The van der Waals surface area contributed by atoms with E-state index < -0.39 is 0 Å². The van der Waals surface area contributed by atoms with Gasteiger partial charge in [0, 0.05) is 42.8 Å². The molecule has 3 aromatic heterocycles. The van der Waals surface area contributed by atoms with Crippen LogP contribution in [0.25, 0.3) is 33.4 Å². The number of imidazole rings is 1. The van der Waals surface area contributed by atoms with Gasteiger partial charge in [-0.1, -0.05) is 6.07 Å². The van der Waals surface area contributed by atoms with E-state index in [0.29, 0.717) is 0 Å². The highest BCUT2D eigenvalue weighted by molar-refractivity contribution is 5.95. The van der Waals surface area contributed by atoms with Crippen LogP contribution in [0, 0.1) is 6.92 Å². The van der Waals surface area contributed by atoms with Crippen LogP contribution >= 0.6 is 0 Å². The molecule has 28 heavy (non-hydrogen) atoms. The monoisotopic (exact) mass is 374 g/mol. The van der Waals surface area contributed by atoms with Crippen LogP contribution in [-0.4, -0.2) is 51.0 Å². The third-order valence-corrected chi connectivity index (χ3v) is 5.43.